The van der Waals surface area contributed by atoms with Crippen LogP contribution >= 0.6 is 0 Å². The Hall–Kier alpha value is -2.51. The molecule has 2 aromatic rings. The van der Waals surface area contributed by atoms with Gasteiger partial charge in [-0.15, -0.1) is 5.10 Å². The number of hydrogen-bond acceptors (Lipinski definition) is 6. The highest BCUT2D eigenvalue weighted by molar-refractivity contribution is 6.05. The number of rotatable bonds is 2. The minimum atomic E-state index is -0.418. The van der Waals surface area contributed by atoms with Gasteiger partial charge in [0.15, 0.2) is 0 Å². The van der Waals surface area contributed by atoms with Crippen LogP contribution in [0.15, 0.2) is 12.4 Å². The Labute approximate surface area is 96.9 Å². The fourth-order valence-corrected chi connectivity index (χ4v) is 1.41. The van der Waals surface area contributed by atoms with Crippen LogP contribution in [0, 0.1) is 6.92 Å². The first-order chi connectivity index (χ1) is 8.09. The van der Waals surface area contributed by atoms with Gasteiger partial charge in [0.2, 0.25) is 5.95 Å². The highest BCUT2D eigenvalue weighted by atomic mass is 16.2. The van der Waals surface area contributed by atoms with E-state index in [9.17, 15) is 4.79 Å². The third-order valence-corrected chi connectivity index (χ3v) is 2.19. The first-order valence-corrected chi connectivity index (χ1v) is 4.83. The summed E-state index contributed by atoms with van der Waals surface area (Å²) in [5.41, 5.74) is 6.97. The number of anilines is 2. The van der Waals surface area contributed by atoms with Crippen LogP contribution in [0.2, 0.25) is 0 Å². The number of amides is 1. The average molecular weight is 233 g/mol. The molecule has 1 amide bonds. The summed E-state index contributed by atoms with van der Waals surface area (Å²) in [5.74, 6) is -0.297. The van der Waals surface area contributed by atoms with Crippen LogP contribution in [0.5, 0.6) is 0 Å². The number of nitrogen functional groups attached to an aromatic ring is 1. The smallest absolute Gasteiger partial charge is 0.278 e. The first kappa shape index (κ1) is 11.0. The van der Waals surface area contributed by atoms with Crippen LogP contribution in [-0.2, 0) is 7.05 Å². The van der Waals surface area contributed by atoms with Gasteiger partial charge >= 0.3 is 0 Å². The van der Waals surface area contributed by atoms with E-state index < -0.39 is 5.91 Å². The molecule has 0 atom stereocenters. The lowest BCUT2D eigenvalue weighted by Gasteiger charge is -2.03. The van der Waals surface area contributed by atoms with E-state index in [2.05, 4.69) is 25.6 Å². The normalized spacial score (nSPS) is 10.2. The van der Waals surface area contributed by atoms with Crippen LogP contribution in [0.3, 0.4) is 0 Å². The molecule has 0 aliphatic rings. The minimum absolute atomic E-state index is 0.121. The lowest BCUT2D eigenvalue weighted by atomic mass is 10.3. The Bertz CT molecular complexity index is 548. The summed E-state index contributed by atoms with van der Waals surface area (Å²) in [7, 11) is 1.64. The summed E-state index contributed by atoms with van der Waals surface area (Å²) < 4.78 is 1.41. The summed E-state index contributed by atoms with van der Waals surface area (Å²) in [6.07, 6.45) is 2.85. The number of carbonyl (C=O) groups excluding carboxylic acids is 1. The van der Waals surface area contributed by atoms with E-state index in [0.717, 1.165) is 0 Å². The largest absolute Gasteiger partial charge is 0.395 e. The summed E-state index contributed by atoms with van der Waals surface area (Å²) in [5, 5.41) is 13.8. The Morgan fingerprint density at radius 3 is 2.76 bits per heavy atom. The second-order valence-electron chi connectivity index (χ2n) is 3.39. The van der Waals surface area contributed by atoms with Crippen molar-refractivity contribution in [3.05, 3.63) is 23.8 Å². The number of nitrogens with zero attached hydrogens (tertiary/aromatic N) is 5. The molecule has 2 heterocycles. The summed E-state index contributed by atoms with van der Waals surface area (Å²) in [6.45, 7) is 1.73. The zero-order valence-corrected chi connectivity index (χ0v) is 9.38. The molecule has 3 N–H and O–H groups in total. The van der Waals surface area contributed by atoms with E-state index in [-0.39, 0.29) is 11.6 Å². The third kappa shape index (κ3) is 2.05. The Morgan fingerprint density at radius 1 is 1.47 bits per heavy atom. The molecule has 0 aliphatic heterocycles. The van der Waals surface area contributed by atoms with Crippen molar-refractivity contribution in [1.82, 2.24) is 25.0 Å². The summed E-state index contributed by atoms with van der Waals surface area (Å²) in [6, 6.07) is 0. The van der Waals surface area contributed by atoms with Crippen LogP contribution in [0.4, 0.5) is 11.6 Å². The second kappa shape index (κ2) is 4.16. The molecular formula is C9H11N7O. The topological polar surface area (TPSA) is 112 Å². The molecule has 0 fully saturated rings. The highest BCUT2D eigenvalue weighted by Gasteiger charge is 2.18. The number of nitrogens with one attached hydrogen (secondary N) is 1. The average Bonchev–Trinajstić information content (AvgIpc) is 2.54. The molecule has 0 spiro atoms. The van der Waals surface area contributed by atoms with Gasteiger partial charge in [-0.05, 0) is 6.92 Å². The Balaban J connectivity index is 2.27. The fourth-order valence-electron chi connectivity index (χ4n) is 1.41. The predicted octanol–water partition coefficient (Wildman–Crippen LogP) is -0.252. The van der Waals surface area contributed by atoms with E-state index in [4.69, 9.17) is 5.73 Å². The molecule has 0 saturated heterocycles. The number of carbonyl (C=O) groups is 1. The number of aryl methyl sites for hydroxylation is 2. The second-order valence-corrected chi connectivity index (χ2v) is 3.39. The molecule has 17 heavy (non-hydrogen) atoms. The number of nitrogens with two attached hydrogens (primary N) is 1. The van der Waals surface area contributed by atoms with Gasteiger partial charge in [0.25, 0.3) is 5.91 Å². The van der Waals surface area contributed by atoms with Gasteiger partial charge in [0, 0.05) is 7.05 Å². The van der Waals surface area contributed by atoms with Gasteiger partial charge in [-0.3, -0.25) is 14.8 Å². The van der Waals surface area contributed by atoms with Crippen LogP contribution < -0.4 is 11.1 Å². The van der Waals surface area contributed by atoms with Gasteiger partial charge in [-0.1, -0.05) is 0 Å². The van der Waals surface area contributed by atoms with Crippen molar-refractivity contribution in [2.75, 3.05) is 11.1 Å². The maximum atomic E-state index is 11.9. The van der Waals surface area contributed by atoms with Crippen LogP contribution in [0.1, 0.15) is 16.2 Å². The van der Waals surface area contributed by atoms with E-state index in [0.29, 0.717) is 11.4 Å². The molecule has 8 heteroatoms. The van der Waals surface area contributed by atoms with Crippen molar-refractivity contribution in [2.24, 2.45) is 7.05 Å². The maximum absolute atomic E-state index is 11.9. The quantitative estimate of drug-likeness (QED) is 0.739. The molecule has 0 radical (unpaired) electrons. The lowest BCUT2D eigenvalue weighted by Crippen LogP contribution is -2.19. The highest BCUT2D eigenvalue weighted by Crippen LogP contribution is 2.15. The lowest BCUT2D eigenvalue weighted by molar-refractivity contribution is 0.101. The molecule has 2 rings (SSSR count). The predicted molar refractivity (Wildman–Crippen MR) is 60.1 cm³/mol. The van der Waals surface area contributed by atoms with E-state index >= 15 is 0 Å². The van der Waals surface area contributed by atoms with Crippen molar-refractivity contribution in [3.63, 3.8) is 0 Å². The zero-order chi connectivity index (χ0) is 12.4. The molecule has 0 saturated carbocycles. The molecule has 8 nitrogen and oxygen atoms in total. The monoisotopic (exact) mass is 233 g/mol. The Morgan fingerprint density at radius 2 is 2.24 bits per heavy atom. The van der Waals surface area contributed by atoms with E-state index in [1.807, 2.05) is 0 Å². The number of hydrogen-bond donors (Lipinski definition) is 2. The first-order valence-electron chi connectivity index (χ1n) is 4.83. The fraction of sp³-hybridized carbons (Fsp3) is 0.222. The zero-order valence-electron chi connectivity index (χ0n) is 9.38. The SMILES string of the molecule is Cc1nn(C)c(C(=O)Nc2nccnn2)c1N. The summed E-state index contributed by atoms with van der Waals surface area (Å²) in [4.78, 5) is 15.7. The van der Waals surface area contributed by atoms with Gasteiger partial charge < -0.3 is 5.73 Å². The molecule has 88 valence electrons. The molecule has 0 aromatic carbocycles. The van der Waals surface area contributed by atoms with Crippen LogP contribution in [0.25, 0.3) is 0 Å². The van der Waals surface area contributed by atoms with Gasteiger partial charge in [0.1, 0.15) is 5.69 Å². The van der Waals surface area contributed by atoms with Crippen molar-refractivity contribution in [3.8, 4) is 0 Å². The van der Waals surface area contributed by atoms with Crippen molar-refractivity contribution in [1.29, 1.82) is 0 Å². The minimum Gasteiger partial charge on any atom is -0.395 e. The van der Waals surface area contributed by atoms with Crippen molar-refractivity contribution in [2.45, 2.75) is 6.92 Å². The standard InChI is InChI=1S/C9H11N7O/c1-5-6(10)7(16(2)15-5)8(17)13-9-11-3-4-12-14-9/h3-4H,10H2,1-2H3,(H,11,13,14,17). The molecular weight excluding hydrogens is 222 g/mol. The maximum Gasteiger partial charge on any atom is 0.278 e. The van der Waals surface area contributed by atoms with Gasteiger partial charge in [-0.2, -0.15) is 10.2 Å². The Kier molecular flexibility index (Phi) is 2.69. The summed E-state index contributed by atoms with van der Waals surface area (Å²) >= 11 is 0. The van der Waals surface area contributed by atoms with Crippen LogP contribution in [-0.4, -0.2) is 30.9 Å². The van der Waals surface area contributed by atoms with E-state index in [1.165, 1.54) is 17.1 Å². The third-order valence-electron chi connectivity index (χ3n) is 2.19. The molecule has 0 unspecified atom stereocenters. The van der Waals surface area contributed by atoms with Crippen molar-refractivity contribution < 1.29 is 4.79 Å². The molecule has 0 aliphatic carbocycles. The van der Waals surface area contributed by atoms with Gasteiger partial charge in [-0.25, -0.2) is 4.98 Å². The van der Waals surface area contributed by atoms with E-state index in [1.54, 1.807) is 14.0 Å². The molecule has 0 bridgehead atoms. The van der Waals surface area contributed by atoms with Crippen molar-refractivity contribution >= 4 is 17.5 Å². The van der Waals surface area contributed by atoms with Gasteiger partial charge in [0.05, 0.1) is 23.8 Å². The number of aromatic nitrogens is 5. The molecule has 2 aromatic heterocycles.